The molecule has 3 rings (SSSR count). The molecule has 0 saturated heterocycles. The first-order chi connectivity index (χ1) is 9.19. The summed E-state index contributed by atoms with van der Waals surface area (Å²) < 4.78 is 7.04. The van der Waals surface area contributed by atoms with E-state index in [-0.39, 0.29) is 6.04 Å². The number of aryl methyl sites for hydroxylation is 1. The first-order valence-electron chi connectivity index (χ1n) is 5.88. The highest BCUT2D eigenvalue weighted by Crippen LogP contribution is 2.32. The molecule has 98 valence electrons. The second kappa shape index (κ2) is 5.09. The van der Waals surface area contributed by atoms with Crippen LogP contribution in [-0.4, -0.2) is 0 Å². The summed E-state index contributed by atoms with van der Waals surface area (Å²) in [6.07, 6.45) is 0. The van der Waals surface area contributed by atoms with E-state index in [1.807, 2.05) is 31.2 Å². The van der Waals surface area contributed by atoms with Crippen molar-refractivity contribution in [1.82, 2.24) is 5.43 Å². The van der Waals surface area contributed by atoms with E-state index in [0.717, 1.165) is 31.6 Å². The number of nitrogens with one attached hydrogen (secondary N) is 1. The zero-order valence-electron chi connectivity index (χ0n) is 10.3. The third-order valence-corrected chi connectivity index (χ3v) is 4.65. The van der Waals surface area contributed by atoms with E-state index in [4.69, 9.17) is 10.3 Å². The lowest BCUT2D eigenvalue weighted by molar-refractivity contribution is 0.477. The van der Waals surface area contributed by atoms with Gasteiger partial charge in [-0.15, -0.1) is 11.3 Å². The van der Waals surface area contributed by atoms with Crippen molar-refractivity contribution in [3.05, 3.63) is 56.4 Å². The molecule has 3 nitrogen and oxygen atoms in total. The lowest BCUT2D eigenvalue weighted by atomic mass is 10.1. The highest BCUT2D eigenvalue weighted by atomic mass is 79.9. The number of nitrogens with two attached hydrogens (primary N) is 1. The molecular formula is C14H13BrN2OS. The Hall–Kier alpha value is -1.14. The number of hydrogen-bond donors (Lipinski definition) is 2. The van der Waals surface area contributed by atoms with Gasteiger partial charge in [-0.2, -0.15) is 0 Å². The van der Waals surface area contributed by atoms with Gasteiger partial charge in [0.05, 0.1) is 3.79 Å². The number of hydrogen-bond acceptors (Lipinski definition) is 4. The summed E-state index contributed by atoms with van der Waals surface area (Å²) in [5, 5.41) is 3.17. The van der Waals surface area contributed by atoms with E-state index in [1.54, 1.807) is 11.3 Å². The van der Waals surface area contributed by atoms with Crippen LogP contribution in [0.4, 0.5) is 0 Å². The summed E-state index contributed by atoms with van der Waals surface area (Å²) in [6.45, 7) is 2.04. The predicted molar refractivity (Wildman–Crippen MR) is 82.1 cm³/mol. The van der Waals surface area contributed by atoms with E-state index in [0.29, 0.717) is 0 Å². The maximum absolute atomic E-state index is 5.96. The third-order valence-electron chi connectivity index (χ3n) is 3.13. The van der Waals surface area contributed by atoms with Crippen molar-refractivity contribution in [1.29, 1.82) is 0 Å². The van der Waals surface area contributed by atoms with Crippen molar-refractivity contribution >= 4 is 38.2 Å². The van der Waals surface area contributed by atoms with Gasteiger partial charge < -0.3 is 4.42 Å². The summed E-state index contributed by atoms with van der Waals surface area (Å²) in [6, 6.07) is 10.1. The Kier molecular flexibility index (Phi) is 3.45. The molecule has 1 aromatic carbocycles. The van der Waals surface area contributed by atoms with Gasteiger partial charge in [0.15, 0.2) is 0 Å². The predicted octanol–water partition coefficient (Wildman–Crippen LogP) is 4.12. The van der Waals surface area contributed by atoms with Crippen molar-refractivity contribution in [3.63, 3.8) is 0 Å². The van der Waals surface area contributed by atoms with Gasteiger partial charge in [0.2, 0.25) is 0 Å². The lowest BCUT2D eigenvalue weighted by Gasteiger charge is -2.11. The van der Waals surface area contributed by atoms with Gasteiger partial charge in [-0.05, 0) is 51.5 Å². The standard InChI is InChI=1S/C14H13BrN2OS/c1-8-3-2-4-9-5-11(18-14(8)9)13(17-16)10-6-12(15)19-7-10/h2-7,13,17H,16H2,1H3. The topological polar surface area (TPSA) is 51.2 Å². The van der Waals surface area contributed by atoms with Crippen molar-refractivity contribution in [2.45, 2.75) is 13.0 Å². The molecule has 0 aliphatic heterocycles. The normalized spacial score (nSPS) is 13.0. The summed E-state index contributed by atoms with van der Waals surface area (Å²) in [7, 11) is 0. The van der Waals surface area contributed by atoms with Crippen LogP contribution in [0, 0.1) is 6.92 Å². The molecule has 3 aromatic rings. The van der Waals surface area contributed by atoms with E-state index < -0.39 is 0 Å². The fraction of sp³-hybridized carbons (Fsp3) is 0.143. The molecule has 19 heavy (non-hydrogen) atoms. The summed E-state index contributed by atoms with van der Waals surface area (Å²) in [4.78, 5) is 0. The zero-order valence-corrected chi connectivity index (χ0v) is 12.7. The average molecular weight is 337 g/mol. The number of para-hydroxylation sites is 1. The molecule has 0 aliphatic rings. The summed E-state index contributed by atoms with van der Waals surface area (Å²) >= 11 is 5.10. The number of benzene rings is 1. The van der Waals surface area contributed by atoms with Crippen LogP contribution in [0.2, 0.25) is 0 Å². The minimum atomic E-state index is -0.130. The van der Waals surface area contributed by atoms with Crippen LogP contribution in [0.3, 0.4) is 0 Å². The van der Waals surface area contributed by atoms with Gasteiger partial charge in [0.1, 0.15) is 17.4 Å². The molecule has 0 spiro atoms. The largest absolute Gasteiger partial charge is 0.459 e. The fourth-order valence-corrected chi connectivity index (χ4v) is 3.39. The molecular weight excluding hydrogens is 324 g/mol. The van der Waals surface area contributed by atoms with Gasteiger partial charge >= 0.3 is 0 Å². The lowest BCUT2D eigenvalue weighted by Crippen LogP contribution is -2.28. The van der Waals surface area contributed by atoms with Crippen molar-refractivity contribution in [3.8, 4) is 0 Å². The Bertz CT molecular complexity index is 719. The fourth-order valence-electron chi connectivity index (χ4n) is 2.19. The van der Waals surface area contributed by atoms with Crippen LogP contribution in [0.5, 0.6) is 0 Å². The number of fused-ring (bicyclic) bond motifs is 1. The van der Waals surface area contributed by atoms with Gasteiger partial charge in [0, 0.05) is 5.39 Å². The third kappa shape index (κ3) is 2.34. The van der Waals surface area contributed by atoms with Crippen molar-refractivity contribution < 1.29 is 4.42 Å². The average Bonchev–Trinajstić information content (AvgIpc) is 2.98. The van der Waals surface area contributed by atoms with E-state index in [9.17, 15) is 0 Å². The van der Waals surface area contributed by atoms with Crippen LogP contribution < -0.4 is 11.3 Å². The van der Waals surface area contributed by atoms with Gasteiger partial charge in [0.25, 0.3) is 0 Å². The van der Waals surface area contributed by atoms with E-state index in [1.165, 1.54) is 0 Å². The van der Waals surface area contributed by atoms with Crippen LogP contribution in [0.15, 0.2) is 43.9 Å². The van der Waals surface area contributed by atoms with Gasteiger partial charge in [-0.3, -0.25) is 5.84 Å². The van der Waals surface area contributed by atoms with Crippen LogP contribution in [0.25, 0.3) is 11.0 Å². The highest BCUT2D eigenvalue weighted by Gasteiger charge is 2.18. The SMILES string of the molecule is Cc1cccc2cc(C(NN)c3csc(Br)c3)oc12. The number of hydrazine groups is 1. The minimum Gasteiger partial charge on any atom is -0.459 e. The first kappa shape index (κ1) is 12.9. The molecule has 0 bridgehead atoms. The van der Waals surface area contributed by atoms with E-state index >= 15 is 0 Å². The molecule has 0 aliphatic carbocycles. The summed E-state index contributed by atoms with van der Waals surface area (Å²) in [5.41, 5.74) is 5.97. The van der Waals surface area contributed by atoms with E-state index in [2.05, 4.69) is 32.8 Å². The Balaban J connectivity index is 2.09. The Morgan fingerprint density at radius 1 is 1.37 bits per heavy atom. The first-order valence-corrected chi connectivity index (χ1v) is 7.55. The smallest absolute Gasteiger partial charge is 0.137 e. The molecule has 0 fully saturated rings. The monoisotopic (exact) mass is 336 g/mol. The number of furan rings is 1. The molecule has 1 atom stereocenters. The zero-order chi connectivity index (χ0) is 13.4. The van der Waals surface area contributed by atoms with Crippen LogP contribution in [-0.2, 0) is 0 Å². The molecule has 2 heterocycles. The number of halogens is 1. The molecule has 0 amide bonds. The molecule has 1 unspecified atom stereocenters. The van der Waals surface area contributed by atoms with Gasteiger partial charge in [-0.1, -0.05) is 18.2 Å². The Labute approximate surface area is 123 Å². The number of thiophene rings is 1. The van der Waals surface area contributed by atoms with Gasteiger partial charge in [-0.25, -0.2) is 5.43 Å². The Morgan fingerprint density at radius 2 is 2.21 bits per heavy atom. The van der Waals surface area contributed by atoms with Crippen LogP contribution >= 0.6 is 27.3 Å². The maximum atomic E-state index is 5.96. The molecule has 0 radical (unpaired) electrons. The van der Waals surface area contributed by atoms with Crippen molar-refractivity contribution in [2.24, 2.45) is 5.84 Å². The molecule has 3 N–H and O–H groups in total. The summed E-state index contributed by atoms with van der Waals surface area (Å²) in [5.74, 6) is 6.52. The Morgan fingerprint density at radius 3 is 2.84 bits per heavy atom. The molecule has 5 heteroatoms. The van der Waals surface area contributed by atoms with Crippen LogP contribution in [0.1, 0.15) is 22.9 Å². The van der Waals surface area contributed by atoms with Crippen molar-refractivity contribution in [2.75, 3.05) is 0 Å². The highest BCUT2D eigenvalue weighted by molar-refractivity contribution is 9.11. The molecule has 0 saturated carbocycles. The minimum absolute atomic E-state index is 0.130. The molecule has 2 aromatic heterocycles. The second-order valence-electron chi connectivity index (χ2n) is 4.43. The second-order valence-corrected chi connectivity index (χ2v) is 6.72. The maximum Gasteiger partial charge on any atom is 0.137 e. The quantitative estimate of drug-likeness (QED) is 0.558. The number of rotatable bonds is 3.